The lowest BCUT2D eigenvalue weighted by Crippen LogP contribution is -2.49. The monoisotopic (exact) mass is 309 g/mol. The molecule has 2 amide bonds. The molecule has 1 aliphatic heterocycles. The number of carbonyl (C=O) groups is 2. The number of amides is 2. The zero-order valence-electron chi connectivity index (χ0n) is 12.2. The number of nitrogens with one attached hydrogen (secondary N) is 1. The first kappa shape index (κ1) is 15.6. The van der Waals surface area contributed by atoms with E-state index >= 15 is 0 Å². The van der Waals surface area contributed by atoms with Gasteiger partial charge in [0, 0.05) is 11.9 Å². The molecule has 1 saturated heterocycles. The molecule has 7 heteroatoms. The Kier molecular flexibility index (Phi) is 4.72. The van der Waals surface area contributed by atoms with Gasteiger partial charge in [-0.3, -0.25) is 9.88 Å². The third-order valence-corrected chi connectivity index (χ3v) is 4.99. The molecule has 0 bridgehead atoms. The van der Waals surface area contributed by atoms with Crippen molar-refractivity contribution in [2.24, 2.45) is 5.92 Å². The number of rotatable bonds is 3. The van der Waals surface area contributed by atoms with Crippen molar-refractivity contribution in [3.8, 4) is 0 Å². The molecule has 0 aromatic carbocycles. The number of anilines is 1. The summed E-state index contributed by atoms with van der Waals surface area (Å²) in [6.45, 7) is 5.76. The van der Waals surface area contributed by atoms with Gasteiger partial charge in [0.1, 0.15) is 6.04 Å². The van der Waals surface area contributed by atoms with E-state index in [1.54, 1.807) is 25.3 Å². The molecule has 1 fully saturated rings. The van der Waals surface area contributed by atoms with Crippen LogP contribution < -0.4 is 5.32 Å². The Morgan fingerprint density at radius 2 is 2.24 bits per heavy atom. The summed E-state index contributed by atoms with van der Waals surface area (Å²) in [4.78, 5) is 29.4. The van der Waals surface area contributed by atoms with Crippen molar-refractivity contribution in [2.45, 2.75) is 32.2 Å². The van der Waals surface area contributed by atoms with Gasteiger partial charge in [-0.1, -0.05) is 13.8 Å². The minimum atomic E-state index is -0.969. The molecule has 1 aliphatic rings. The number of urea groups is 1. The van der Waals surface area contributed by atoms with Crippen LogP contribution in [0.5, 0.6) is 0 Å². The number of aliphatic carboxylic acids is 1. The number of carboxylic acids is 1. The molecule has 21 heavy (non-hydrogen) atoms. The molecule has 2 heterocycles. The van der Waals surface area contributed by atoms with E-state index in [1.807, 2.05) is 13.8 Å². The van der Waals surface area contributed by atoms with Crippen LogP contribution in [0.25, 0.3) is 0 Å². The Labute approximate surface area is 127 Å². The molecular weight excluding hydrogens is 290 g/mol. The maximum atomic E-state index is 12.5. The Morgan fingerprint density at radius 1 is 1.52 bits per heavy atom. The Balaban J connectivity index is 2.21. The van der Waals surface area contributed by atoms with Gasteiger partial charge in [-0.15, -0.1) is 11.8 Å². The highest BCUT2D eigenvalue weighted by molar-refractivity contribution is 8.00. The second-order valence-electron chi connectivity index (χ2n) is 5.30. The summed E-state index contributed by atoms with van der Waals surface area (Å²) in [5.74, 6) is -0.374. The van der Waals surface area contributed by atoms with Gasteiger partial charge in [-0.2, -0.15) is 0 Å². The van der Waals surface area contributed by atoms with E-state index in [1.165, 1.54) is 16.7 Å². The zero-order chi connectivity index (χ0) is 15.6. The SMILES string of the molecule is Cc1ncccc1NC(=O)N1C(C(=O)O)CSC1C(C)C. The fraction of sp³-hybridized carbons (Fsp3) is 0.500. The summed E-state index contributed by atoms with van der Waals surface area (Å²) in [6, 6.07) is 2.31. The molecule has 0 spiro atoms. The Morgan fingerprint density at radius 3 is 2.81 bits per heavy atom. The van der Waals surface area contributed by atoms with E-state index in [0.717, 1.165) is 0 Å². The van der Waals surface area contributed by atoms with E-state index in [9.17, 15) is 14.7 Å². The van der Waals surface area contributed by atoms with Crippen LogP contribution in [0.1, 0.15) is 19.5 Å². The van der Waals surface area contributed by atoms with E-state index < -0.39 is 12.0 Å². The minimum absolute atomic E-state index is 0.136. The molecule has 2 atom stereocenters. The van der Waals surface area contributed by atoms with Crippen molar-refractivity contribution >= 4 is 29.4 Å². The molecule has 0 saturated carbocycles. The average molecular weight is 309 g/mol. The van der Waals surface area contributed by atoms with E-state index in [0.29, 0.717) is 17.1 Å². The number of pyridine rings is 1. The Bertz CT molecular complexity index is 550. The number of aromatic nitrogens is 1. The molecular formula is C14H19N3O3S. The van der Waals surface area contributed by atoms with E-state index in [-0.39, 0.29) is 17.3 Å². The van der Waals surface area contributed by atoms with Crippen LogP contribution in [-0.4, -0.2) is 44.2 Å². The number of nitrogens with zero attached hydrogens (tertiary/aromatic N) is 2. The van der Waals surface area contributed by atoms with Crippen LogP contribution in [0.4, 0.5) is 10.5 Å². The van der Waals surface area contributed by atoms with Crippen LogP contribution in [0.15, 0.2) is 18.3 Å². The second kappa shape index (κ2) is 6.34. The van der Waals surface area contributed by atoms with Crippen LogP contribution in [0, 0.1) is 12.8 Å². The number of hydrogen-bond acceptors (Lipinski definition) is 4. The largest absolute Gasteiger partial charge is 0.480 e. The third-order valence-electron chi connectivity index (χ3n) is 3.37. The molecule has 0 aliphatic carbocycles. The number of thioether (sulfide) groups is 1. The second-order valence-corrected chi connectivity index (χ2v) is 6.45. The summed E-state index contributed by atoms with van der Waals surface area (Å²) >= 11 is 1.51. The average Bonchev–Trinajstić information content (AvgIpc) is 2.86. The first-order chi connectivity index (χ1) is 9.91. The van der Waals surface area contributed by atoms with Gasteiger partial charge in [-0.05, 0) is 25.0 Å². The molecule has 1 aromatic rings. The van der Waals surface area contributed by atoms with Gasteiger partial charge < -0.3 is 10.4 Å². The zero-order valence-corrected chi connectivity index (χ0v) is 13.1. The lowest BCUT2D eigenvalue weighted by molar-refractivity contribution is -0.141. The van der Waals surface area contributed by atoms with Crippen molar-refractivity contribution in [3.05, 3.63) is 24.0 Å². The smallest absolute Gasteiger partial charge is 0.327 e. The van der Waals surface area contributed by atoms with Crippen LogP contribution in [0.3, 0.4) is 0 Å². The summed E-state index contributed by atoms with van der Waals surface area (Å²) < 4.78 is 0. The van der Waals surface area contributed by atoms with Crippen molar-refractivity contribution in [1.29, 1.82) is 0 Å². The first-order valence-electron chi connectivity index (χ1n) is 6.77. The lowest BCUT2D eigenvalue weighted by atomic mass is 10.1. The minimum Gasteiger partial charge on any atom is -0.480 e. The van der Waals surface area contributed by atoms with Gasteiger partial charge in [-0.25, -0.2) is 9.59 Å². The van der Waals surface area contributed by atoms with Crippen molar-refractivity contribution in [1.82, 2.24) is 9.88 Å². The number of carbonyl (C=O) groups excluding carboxylic acids is 1. The standard InChI is InChI=1S/C14H19N3O3S/c1-8(2)12-17(11(7-21-12)13(18)19)14(20)16-10-5-4-6-15-9(10)3/h4-6,8,11-12H,7H2,1-3H3,(H,16,20)(H,18,19). The van der Waals surface area contributed by atoms with Gasteiger partial charge in [0.2, 0.25) is 0 Å². The van der Waals surface area contributed by atoms with E-state index in [4.69, 9.17) is 0 Å². The maximum Gasteiger partial charge on any atom is 0.327 e. The van der Waals surface area contributed by atoms with Gasteiger partial charge in [0.25, 0.3) is 0 Å². The molecule has 2 unspecified atom stereocenters. The van der Waals surface area contributed by atoms with Crippen molar-refractivity contribution in [3.63, 3.8) is 0 Å². The van der Waals surface area contributed by atoms with Crippen LogP contribution >= 0.6 is 11.8 Å². The molecule has 6 nitrogen and oxygen atoms in total. The summed E-state index contributed by atoms with van der Waals surface area (Å²) in [6.07, 6.45) is 1.65. The third kappa shape index (κ3) is 3.29. The summed E-state index contributed by atoms with van der Waals surface area (Å²) in [5, 5.41) is 11.9. The molecule has 114 valence electrons. The van der Waals surface area contributed by atoms with Gasteiger partial charge in [0.05, 0.1) is 16.8 Å². The predicted molar refractivity (Wildman–Crippen MR) is 82.3 cm³/mol. The highest BCUT2D eigenvalue weighted by Gasteiger charge is 2.43. The highest BCUT2D eigenvalue weighted by atomic mass is 32.2. The summed E-state index contributed by atoms with van der Waals surface area (Å²) in [7, 11) is 0. The predicted octanol–water partition coefficient (Wildman–Crippen LogP) is 2.41. The van der Waals surface area contributed by atoms with Gasteiger partial charge in [0.15, 0.2) is 0 Å². The fourth-order valence-electron chi connectivity index (χ4n) is 2.28. The van der Waals surface area contributed by atoms with Crippen molar-refractivity contribution in [2.75, 3.05) is 11.1 Å². The number of carboxylic acid groups (broad SMARTS) is 1. The molecule has 2 N–H and O–H groups in total. The van der Waals surface area contributed by atoms with Crippen molar-refractivity contribution < 1.29 is 14.7 Å². The number of aryl methyl sites for hydroxylation is 1. The normalized spacial score (nSPS) is 21.6. The molecule has 2 rings (SSSR count). The molecule has 0 radical (unpaired) electrons. The quantitative estimate of drug-likeness (QED) is 0.896. The summed E-state index contributed by atoms with van der Waals surface area (Å²) in [5.41, 5.74) is 1.30. The lowest BCUT2D eigenvalue weighted by Gasteiger charge is -2.29. The van der Waals surface area contributed by atoms with Gasteiger partial charge >= 0.3 is 12.0 Å². The first-order valence-corrected chi connectivity index (χ1v) is 7.82. The van der Waals surface area contributed by atoms with Crippen LogP contribution in [0.2, 0.25) is 0 Å². The van der Waals surface area contributed by atoms with E-state index in [2.05, 4.69) is 10.3 Å². The Hall–Kier alpha value is -1.76. The van der Waals surface area contributed by atoms with Crippen LogP contribution in [-0.2, 0) is 4.79 Å². The molecule has 1 aromatic heterocycles. The maximum absolute atomic E-state index is 12.5. The number of hydrogen-bond donors (Lipinski definition) is 2. The topological polar surface area (TPSA) is 82.5 Å². The fourth-order valence-corrected chi connectivity index (χ4v) is 3.76. The highest BCUT2D eigenvalue weighted by Crippen LogP contribution is 2.34.